The van der Waals surface area contributed by atoms with E-state index in [1.54, 1.807) is 0 Å². The maximum atomic E-state index is 5.04. The first-order valence-electron chi connectivity index (χ1n) is 7.62. The van der Waals surface area contributed by atoms with E-state index in [0.717, 1.165) is 34.6 Å². The highest BCUT2D eigenvalue weighted by Crippen LogP contribution is 2.42. The number of rotatable bonds is 2. The minimum Gasteiger partial charge on any atom is -0.332 e. The summed E-state index contributed by atoms with van der Waals surface area (Å²) in [6, 6.07) is 0. The molecule has 5 heteroatoms. The second kappa shape index (κ2) is 5.43. The summed E-state index contributed by atoms with van der Waals surface area (Å²) in [5.74, 6) is 1.96. The van der Waals surface area contributed by atoms with Gasteiger partial charge in [-0.25, -0.2) is 0 Å². The Labute approximate surface area is 125 Å². The molecule has 3 rings (SSSR count). The van der Waals surface area contributed by atoms with Gasteiger partial charge in [0.25, 0.3) is 0 Å². The van der Waals surface area contributed by atoms with Crippen molar-refractivity contribution in [2.24, 2.45) is 18.0 Å². The Morgan fingerprint density at radius 1 is 1.55 bits per heavy atom. The average molecular weight is 292 g/mol. The highest BCUT2D eigenvalue weighted by atomic mass is 32.2. The zero-order valence-electron chi connectivity index (χ0n) is 12.6. The number of amidine groups is 1. The van der Waals surface area contributed by atoms with Crippen LogP contribution in [0.1, 0.15) is 45.2 Å². The van der Waals surface area contributed by atoms with Gasteiger partial charge >= 0.3 is 0 Å². The van der Waals surface area contributed by atoms with Crippen molar-refractivity contribution >= 4 is 22.6 Å². The first-order valence-corrected chi connectivity index (χ1v) is 8.61. The molecule has 4 nitrogen and oxygen atoms in total. The number of thioether (sulfide) groups is 1. The van der Waals surface area contributed by atoms with Gasteiger partial charge in [-0.05, 0) is 25.2 Å². The number of hydrogen-bond acceptors (Lipinski definition) is 4. The third-order valence-electron chi connectivity index (χ3n) is 4.37. The van der Waals surface area contributed by atoms with Crippen LogP contribution in [0.5, 0.6) is 0 Å². The van der Waals surface area contributed by atoms with Crippen molar-refractivity contribution in [1.82, 2.24) is 9.78 Å². The second-order valence-corrected chi connectivity index (χ2v) is 7.24. The first-order chi connectivity index (χ1) is 9.60. The molecule has 1 aromatic heterocycles. The van der Waals surface area contributed by atoms with Crippen LogP contribution in [0.2, 0.25) is 0 Å². The van der Waals surface area contributed by atoms with Gasteiger partial charge in [-0.2, -0.15) is 5.10 Å². The van der Waals surface area contributed by atoms with Crippen molar-refractivity contribution in [3.05, 3.63) is 11.9 Å². The molecule has 0 amide bonds. The molecule has 2 aliphatic rings. The largest absolute Gasteiger partial charge is 0.332 e. The smallest absolute Gasteiger partial charge is 0.161 e. The molecule has 1 aliphatic heterocycles. The summed E-state index contributed by atoms with van der Waals surface area (Å²) in [5.41, 5.74) is 2.44. The molecule has 1 N–H and O–H groups in total. The lowest BCUT2D eigenvalue weighted by molar-refractivity contribution is 0.266. The van der Waals surface area contributed by atoms with Gasteiger partial charge < -0.3 is 5.32 Å². The van der Waals surface area contributed by atoms with Crippen molar-refractivity contribution in [3.8, 4) is 0 Å². The molecule has 2 atom stereocenters. The maximum Gasteiger partial charge on any atom is 0.161 e. The standard InChI is InChI=1S/C15H24N4S/c1-4-12-13(9-19(3)18-12)16-14-17-15(10-20-14)7-5-6-11(2)8-15/h9,11H,4-8,10H2,1-3H3,(H,16,17). The van der Waals surface area contributed by atoms with Crippen molar-refractivity contribution in [3.63, 3.8) is 0 Å². The number of aromatic nitrogens is 2. The number of anilines is 1. The summed E-state index contributed by atoms with van der Waals surface area (Å²) < 4.78 is 1.87. The molecular weight excluding hydrogens is 268 g/mol. The fourth-order valence-corrected chi connectivity index (χ4v) is 4.60. The third kappa shape index (κ3) is 2.73. The normalized spacial score (nSPS) is 29.8. The zero-order valence-corrected chi connectivity index (χ0v) is 13.5. The molecule has 20 heavy (non-hydrogen) atoms. The van der Waals surface area contributed by atoms with Crippen LogP contribution in [0.3, 0.4) is 0 Å². The average Bonchev–Trinajstić information content (AvgIpc) is 2.94. The Morgan fingerprint density at radius 3 is 3.15 bits per heavy atom. The molecule has 110 valence electrons. The van der Waals surface area contributed by atoms with E-state index >= 15 is 0 Å². The minimum atomic E-state index is 0.208. The maximum absolute atomic E-state index is 5.04. The van der Waals surface area contributed by atoms with Crippen LogP contribution in [0.4, 0.5) is 5.69 Å². The first kappa shape index (κ1) is 14.0. The van der Waals surface area contributed by atoms with Gasteiger partial charge in [0.15, 0.2) is 5.17 Å². The lowest BCUT2D eigenvalue weighted by Gasteiger charge is -2.33. The van der Waals surface area contributed by atoms with Gasteiger partial charge in [-0.15, -0.1) is 0 Å². The SMILES string of the molecule is CCc1nn(C)cc1NC1=NC2(CCCC(C)C2)CS1. The monoisotopic (exact) mass is 292 g/mol. The van der Waals surface area contributed by atoms with E-state index in [9.17, 15) is 0 Å². The van der Waals surface area contributed by atoms with Gasteiger partial charge in [-0.1, -0.05) is 38.5 Å². The Hall–Kier alpha value is -0.970. The number of hydrogen-bond donors (Lipinski definition) is 1. The molecule has 0 radical (unpaired) electrons. The zero-order chi connectivity index (χ0) is 14.2. The molecule has 2 unspecified atom stereocenters. The Bertz CT molecular complexity index is 522. The summed E-state index contributed by atoms with van der Waals surface area (Å²) in [6.07, 6.45) is 8.20. The Balaban J connectivity index is 1.75. The second-order valence-electron chi connectivity index (χ2n) is 6.27. The summed E-state index contributed by atoms with van der Waals surface area (Å²) in [7, 11) is 1.97. The van der Waals surface area contributed by atoms with Crippen molar-refractivity contribution in [1.29, 1.82) is 0 Å². The van der Waals surface area contributed by atoms with Crippen molar-refractivity contribution in [2.75, 3.05) is 11.1 Å². The number of nitrogens with one attached hydrogen (secondary N) is 1. The quantitative estimate of drug-likeness (QED) is 0.908. The molecule has 0 bridgehead atoms. The third-order valence-corrected chi connectivity index (χ3v) is 5.51. The fourth-order valence-electron chi connectivity index (χ4n) is 3.43. The molecule has 0 saturated heterocycles. The summed E-state index contributed by atoms with van der Waals surface area (Å²) in [5, 5.41) is 9.06. The van der Waals surface area contributed by atoms with E-state index in [2.05, 4.69) is 30.5 Å². The highest BCUT2D eigenvalue weighted by Gasteiger charge is 2.39. The van der Waals surface area contributed by atoms with E-state index in [1.807, 2.05) is 23.5 Å². The lowest BCUT2D eigenvalue weighted by atomic mass is 9.78. The number of aliphatic imine (C=N–C) groups is 1. The van der Waals surface area contributed by atoms with Crippen LogP contribution in [-0.2, 0) is 13.5 Å². The van der Waals surface area contributed by atoms with Crippen LogP contribution >= 0.6 is 11.8 Å². The molecule has 2 heterocycles. The molecule has 1 aromatic rings. The predicted octanol–water partition coefficient (Wildman–Crippen LogP) is 3.45. The van der Waals surface area contributed by atoms with Gasteiger partial charge in [0, 0.05) is 19.0 Å². The Morgan fingerprint density at radius 2 is 2.40 bits per heavy atom. The molecule has 1 aliphatic carbocycles. The van der Waals surface area contributed by atoms with E-state index in [-0.39, 0.29) is 5.54 Å². The van der Waals surface area contributed by atoms with E-state index < -0.39 is 0 Å². The molecule has 1 fully saturated rings. The van der Waals surface area contributed by atoms with Crippen LogP contribution in [0, 0.1) is 5.92 Å². The van der Waals surface area contributed by atoms with Crippen LogP contribution in [-0.4, -0.2) is 26.2 Å². The molecule has 1 saturated carbocycles. The number of nitrogens with zero attached hydrogens (tertiary/aromatic N) is 3. The van der Waals surface area contributed by atoms with Crippen molar-refractivity contribution in [2.45, 2.75) is 51.5 Å². The summed E-state index contributed by atoms with van der Waals surface area (Å²) >= 11 is 1.87. The van der Waals surface area contributed by atoms with Gasteiger partial charge in [0.05, 0.1) is 16.9 Å². The molecular formula is C15H24N4S. The minimum absolute atomic E-state index is 0.208. The van der Waals surface area contributed by atoms with E-state index in [0.29, 0.717) is 0 Å². The summed E-state index contributed by atoms with van der Waals surface area (Å²) in [6.45, 7) is 4.50. The summed E-state index contributed by atoms with van der Waals surface area (Å²) in [4.78, 5) is 5.04. The van der Waals surface area contributed by atoms with Crippen LogP contribution in [0.15, 0.2) is 11.2 Å². The topological polar surface area (TPSA) is 42.2 Å². The van der Waals surface area contributed by atoms with Crippen LogP contribution in [0.25, 0.3) is 0 Å². The lowest BCUT2D eigenvalue weighted by Crippen LogP contribution is -2.33. The predicted molar refractivity (Wildman–Crippen MR) is 86.5 cm³/mol. The van der Waals surface area contributed by atoms with Gasteiger partial charge in [0.1, 0.15) is 0 Å². The van der Waals surface area contributed by atoms with Crippen molar-refractivity contribution < 1.29 is 0 Å². The molecule has 1 spiro atoms. The Kier molecular flexibility index (Phi) is 3.80. The van der Waals surface area contributed by atoms with E-state index in [4.69, 9.17) is 4.99 Å². The van der Waals surface area contributed by atoms with E-state index in [1.165, 1.54) is 25.7 Å². The molecule has 0 aromatic carbocycles. The highest BCUT2D eigenvalue weighted by molar-refractivity contribution is 8.14. The van der Waals surface area contributed by atoms with Crippen LogP contribution < -0.4 is 5.32 Å². The fraction of sp³-hybridized carbons (Fsp3) is 0.733. The van der Waals surface area contributed by atoms with Gasteiger partial charge in [-0.3, -0.25) is 9.67 Å². The van der Waals surface area contributed by atoms with Gasteiger partial charge in [0.2, 0.25) is 0 Å². The number of aryl methyl sites for hydroxylation is 2.